The van der Waals surface area contributed by atoms with E-state index >= 15 is 0 Å². The quantitative estimate of drug-likeness (QED) is 0.181. The van der Waals surface area contributed by atoms with Gasteiger partial charge in [-0.3, -0.25) is 0 Å². The summed E-state index contributed by atoms with van der Waals surface area (Å²) in [6.07, 6.45) is 0. The fourth-order valence-corrected chi connectivity index (χ4v) is 8.87. The minimum absolute atomic E-state index is 0.570. The number of benzene rings is 8. The zero-order valence-electron chi connectivity index (χ0n) is 27.8. The average Bonchev–Trinajstić information content (AvgIpc) is 3.92. The summed E-state index contributed by atoms with van der Waals surface area (Å²) >= 11 is 1.82. The van der Waals surface area contributed by atoms with Crippen LogP contribution in [0.1, 0.15) is 0 Å². The van der Waals surface area contributed by atoms with Crippen molar-refractivity contribution in [1.29, 1.82) is 0 Å². The van der Waals surface area contributed by atoms with Crippen LogP contribution in [0.3, 0.4) is 0 Å². The highest BCUT2D eigenvalue weighted by molar-refractivity contribution is 7.26. The molecule has 0 saturated carbocycles. The van der Waals surface area contributed by atoms with E-state index in [2.05, 4.69) is 126 Å². The maximum Gasteiger partial charge on any atom is 0.227 e. The molecule has 3 heterocycles. The fraction of sp³-hybridized carbons (Fsp3) is 0. The molecule has 11 rings (SSSR count). The molecule has 0 radical (unpaired) electrons. The molecule has 0 amide bonds. The molecule has 244 valence electrons. The van der Waals surface area contributed by atoms with Crippen molar-refractivity contribution in [1.82, 2.24) is 4.98 Å². The number of aromatic nitrogens is 1. The Morgan fingerprint density at radius 2 is 1.19 bits per heavy atom. The van der Waals surface area contributed by atoms with Crippen LogP contribution in [0, 0.1) is 0 Å². The topological polar surface area (TPSA) is 42.4 Å². The van der Waals surface area contributed by atoms with Gasteiger partial charge < -0.3 is 13.7 Å². The zero-order valence-corrected chi connectivity index (χ0v) is 28.6. The smallest absolute Gasteiger partial charge is 0.227 e. The van der Waals surface area contributed by atoms with Crippen LogP contribution in [0.2, 0.25) is 0 Å². The van der Waals surface area contributed by atoms with Gasteiger partial charge in [0.25, 0.3) is 0 Å². The number of hydrogen-bond donors (Lipinski definition) is 0. The summed E-state index contributed by atoms with van der Waals surface area (Å²) in [5, 5.41) is 6.81. The van der Waals surface area contributed by atoms with Crippen molar-refractivity contribution < 1.29 is 8.83 Å². The fourth-order valence-electron chi connectivity index (χ4n) is 7.75. The van der Waals surface area contributed by atoms with E-state index in [0.29, 0.717) is 11.5 Å². The Bertz CT molecular complexity index is 3130. The number of furan rings is 1. The highest BCUT2D eigenvalue weighted by atomic mass is 32.1. The molecule has 0 N–H and O–H groups in total. The molecule has 4 nitrogen and oxygen atoms in total. The summed E-state index contributed by atoms with van der Waals surface area (Å²) in [5.74, 6) is 0.570. The molecule has 5 heteroatoms. The van der Waals surface area contributed by atoms with Crippen molar-refractivity contribution in [3.8, 4) is 22.6 Å². The molecule has 0 unspecified atom stereocenters. The van der Waals surface area contributed by atoms with E-state index in [4.69, 9.17) is 13.8 Å². The van der Waals surface area contributed by atoms with Crippen LogP contribution in [0.5, 0.6) is 0 Å². The second-order valence-corrected chi connectivity index (χ2v) is 14.2. The molecule has 0 aliphatic rings. The number of nitrogens with zero attached hydrogens (tertiary/aromatic N) is 2. The summed E-state index contributed by atoms with van der Waals surface area (Å²) in [6, 6.07) is 59.6. The Kier molecular flexibility index (Phi) is 6.39. The van der Waals surface area contributed by atoms with Gasteiger partial charge in [0, 0.05) is 42.9 Å². The predicted molar refractivity (Wildman–Crippen MR) is 217 cm³/mol. The van der Waals surface area contributed by atoms with Crippen molar-refractivity contribution in [3.63, 3.8) is 0 Å². The third kappa shape index (κ3) is 4.43. The first-order chi connectivity index (χ1) is 25.8. The van der Waals surface area contributed by atoms with Gasteiger partial charge in [-0.15, -0.1) is 11.3 Å². The molecular formula is C47H28N2O2S. The summed E-state index contributed by atoms with van der Waals surface area (Å²) in [4.78, 5) is 7.61. The number of para-hydroxylation sites is 1. The third-order valence-electron chi connectivity index (χ3n) is 10.1. The zero-order chi connectivity index (χ0) is 34.2. The van der Waals surface area contributed by atoms with Crippen LogP contribution in [0.15, 0.2) is 179 Å². The second kappa shape index (κ2) is 11.4. The van der Waals surface area contributed by atoms with Gasteiger partial charge in [0.05, 0.1) is 16.8 Å². The second-order valence-electron chi connectivity index (χ2n) is 13.1. The molecule has 0 saturated heterocycles. The lowest BCUT2D eigenvalue weighted by Gasteiger charge is -2.27. The number of oxazole rings is 1. The Morgan fingerprint density at radius 1 is 0.481 bits per heavy atom. The molecule has 0 aliphatic heterocycles. The summed E-state index contributed by atoms with van der Waals surface area (Å²) in [5.41, 5.74) is 9.27. The van der Waals surface area contributed by atoms with Gasteiger partial charge in [-0.05, 0) is 70.4 Å². The molecule has 0 fully saturated rings. The van der Waals surface area contributed by atoms with E-state index in [-0.39, 0.29) is 0 Å². The summed E-state index contributed by atoms with van der Waals surface area (Å²) < 4.78 is 15.8. The van der Waals surface area contributed by atoms with E-state index in [0.717, 1.165) is 55.6 Å². The van der Waals surface area contributed by atoms with E-state index in [1.54, 1.807) is 0 Å². The maximum absolute atomic E-state index is 6.76. The Morgan fingerprint density at radius 3 is 2.08 bits per heavy atom. The molecule has 8 aromatic carbocycles. The largest absolute Gasteiger partial charge is 0.456 e. The molecule has 0 atom stereocenters. The number of anilines is 3. The van der Waals surface area contributed by atoms with E-state index in [1.165, 1.54) is 36.5 Å². The first-order valence-corrected chi connectivity index (χ1v) is 18.2. The minimum atomic E-state index is 0.570. The highest BCUT2D eigenvalue weighted by Crippen LogP contribution is 2.49. The minimum Gasteiger partial charge on any atom is -0.456 e. The van der Waals surface area contributed by atoms with Gasteiger partial charge in [0.2, 0.25) is 5.89 Å². The van der Waals surface area contributed by atoms with E-state index in [9.17, 15) is 0 Å². The summed E-state index contributed by atoms with van der Waals surface area (Å²) in [6.45, 7) is 0. The van der Waals surface area contributed by atoms with Gasteiger partial charge >= 0.3 is 0 Å². The standard InChI is InChI=1S/C47H28N2O2S/c1-2-13-31(14-3-1)47-48-45-38(28-40-44(46(45)51-47)35-17-6-8-21-39(35)50-40)49(37-20-11-23-42-43(37)36-18-7-9-22-41(36)52-42)32-26-24-30(25-27-32)34-19-10-15-29-12-4-5-16-33(29)34/h1-28H. The lowest BCUT2D eigenvalue weighted by Crippen LogP contribution is -2.11. The van der Waals surface area contributed by atoms with Gasteiger partial charge in [-0.1, -0.05) is 115 Å². The molecule has 11 aromatic rings. The Hall–Kier alpha value is -6.69. The molecule has 52 heavy (non-hydrogen) atoms. The average molecular weight is 685 g/mol. The third-order valence-corrected chi connectivity index (χ3v) is 11.2. The van der Waals surface area contributed by atoms with Gasteiger partial charge in [0.15, 0.2) is 5.58 Å². The maximum atomic E-state index is 6.76. The lowest BCUT2D eigenvalue weighted by atomic mass is 9.98. The van der Waals surface area contributed by atoms with Gasteiger partial charge in [0.1, 0.15) is 16.7 Å². The van der Waals surface area contributed by atoms with Crippen molar-refractivity contribution >= 4 is 92.4 Å². The highest BCUT2D eigenvalue weighted by Gasteiger charge is 2.26. The van der Waals surface area contributed by atoms with Crippen LogP contribution in [-0.2, 0) is 0 Å². The van der Waals surface area contributed by atoms with Crippen molar-refractivity contribution in [2.75, 3.05) is 4.90 Å². The first-order valence-electron chi connectivity index (χ1n) is 17.4. The van der Waals surface area contributed by atoms with Crippen LogP contribution in [0.4, 0.5) is 17.1 Å². The normalized spacial score (nSPS) is 11.8. The van der Waals surface area contributed by atoms with Crippen molar-refractivity contribution in [2.24, 2.45) is 0 Å². The molecule has 0 aliphatic carbocycles. The number of fused-ring (bicyclic) bond motifs is 9. The van der Waals surface area contributed by atoms with Crippen molar-refractivity contribution in [2.45, 2.75) is 0 Å². The van der Waals surface area contributed by atoms with E-state index in [1.807, 2.05) is 59.9 Å². The van der Waals surface area contributed by atoms with Gasteiger partial charge in [-0.25, -0.2) is 4.98 Å². The van der Waals surface area contributed by atoms with Crippen LogP contribution in [-0.4, -0.2) is 4.98 Å². The number of thiophene rings is 1. The molecular weight excluding hydrogens is 657 g/mol. The monoisotopic (exact) mass is 684 g/mol. The number of hydrogen-bond acceptors (Lipinski definition) is 5. The first kappa shape index (κ1) is 29.1. The van der Waals surface area contributed by atoms with E-state index < -0.39 is 0 Å². The van der Waals surface area contributed by atoms with Crippen LogP contribution < -0.4 is 4.90 Å². The van der Waals surface area contributed by atoms with Crippen LogP contribution in [0.25, 0.3) is 86.6 Å². The van der Waals surface area contributed by atoms with Crippen LogP contribution >= 0.6 is 11.3 Å². The Balaban J connectivity index is 1.22. The van der Waals surface area contributed by atoms with Gasteiger partial charge in [-0.2, -0.15) is 0 Å². The number of rotatable bonds is 5. The molecule has 0 spiro atoms. The predicted octanol–water partition coefficient (Wildman–Crippen LogP) is 14.1. The van der Waals surface area contributed by atoms with Crippen molar-refractivity contribution in [3.05, 3.63) is 170 Å². The lowest BCUT2D eigenvalue weighted by molar-refractivity contribution is 0.622. The molecule has 0 bridgehead atoms. The Labute approximate surface area is 302 Å². The molecule has 3 aromatic heterocycles. The SMILES string of the molecule is c1ccc(-c2nc3c(N(c4ccc(-c5cccc6ccccc56)cc4)c4cccc5sc6ccccc6c45)cc4oc5ccccc5c4c3o2)cc1. The summed E-state index contributed by atoms with van der Waals surface area (Å²) in [7, 11) is 0.